The molecule has 0 amide bonds. The van der Waals surface area contributed by atoms with Crippen molar-refractivity contribution in [3.63, 3.8) is 0 Å². The molecular weight excluding hydrogens is 256 g/mol. The molecule has 0 spiro atoms. The van der Waals surface area contributed by atoms with Gasteiger partial charge in [0.1, 0.15) is 6.67 Å². The molecule has 0 bridgehead atoms. The molecule has 13 heavy (non-hydrogen) atoms. The van der Waals surface area contributed by atoms with Crippen molar-refractivity contribution >= 4 is 15.9 Å². The highest BCUT2D eigenvalue weighted by Gasteiger charge is 2.34. The first-order valence-corrected chi connectivity index (χ1v) is 4.10. The van der Waals surface area contributed by atoms with Crippen molar-refractivity contribution in [2.24, 2.45) is 0 Å². The number of hydrogen-bond donors (Lipinski definition) is 0. The van der Waals surface area contributed by atoms with E-state index in [-0.39, 0.29) is 11.3 Å². The quantitative estimate of drug-likeness (QED) is 0.748. The standard InChI is InChI=1S/C6H5BrF4N2/c7-5-12-4(6(9,10)11)3-13(5)2-1-8/h3H,1-2H2. The molecule has 0 fully saturated rings. The number of imidazole rings is 1. The molecule has 1 aromatic rings. The van der Waals surface area contributed by atoms with Gasteiger partial charge in [0.2, 0.25) is 0 Å². The number of aromatic nitrogens is 2. The molecule has 0 aliphatic rings. The molecule has 0 N–H and O–H groups in total. The molecule has 1 aromatic heterocycles. The maximum absolute atomic E-state index is 12.0. The van der Waals surface area contributed by atoms with E-state index in [1.54, 1.807) is 0 Å². The second-order valence-electron chi connectivity index (χ2n) is 2.28. The Kier molecular flexibility index (Phi) is 2.94. The van der Waals surface area contributed by atoms with Gasteiger partial charge in [-0.3, -0.25) is 0 Å². The molecule has 0 aliphatic carbocycles. The Balaban J connectivity index is 2.95. The van der Waals surface area contributed by atoms with E-state index in [2.05, 4.69) is 20.9 Å². The topological polar surface area (TPSA) is 17.8 Å². The highest BCUT2D eigenvalue weighted by Crippen LogP contribution is 2.29. The lowest BCUT2D eigenvalue weighted by Gasteiger charge is -1.99. The van der Waals surface area contributed by atoms with E-state index in [0.29, 0.717) is 0 Å². The van der Waals surface area contributed by atoms with Crippen LogP contribution < -0.4 is 0 Å². The lowest BCUT2D eigenvalue weighted by Crippen LogP contribution is -2.05. The molecule has 0 aliphatic heterocycles. The highest BCUT2D eigenvalue weighted by atomic mass is 79.9. The first kappa shape index (κ1) is 10.5. The van der Waals surface area contributed by atoms with Crippen molar-refractivity contribution in [1.29, 1.82) is 0 Å². The van der Waals surface area contributed by atoms with Gasteiger partial charge < -0.3 is 4.57 Å². The van der Waals surface area contributed by atoms with Gasteiger partial charge in [-0.15, -0.1) is 0 Å². The predicted molar refractivity (Wildman–Crippen MR) is 40.9 cm³/mol. The van der Waals surface area contributed by atoms with E-state index >= 15 is 0 Å². The molecule has 0 unspecified atom stereocenters. The zero-order valence-corrected chi connectivity index (χ0v) is 7.86. The van der Waals surface area contributed by atoms with E-state index < -0.39 is 18.5 Å². The fraction of sp³-hybridized carbons (Fsp3) is 0.500. The number of halogens is 5. The van der Waals surface area contributed by atoms with Crippen LogP contribution in [0.4, 0.5) is 17.6 Å². The number of nitrogens with zero attached hydrogens (tertiary/aromatic N) is 2. The maximum Gasteiger partial charge on any atom is 0.434 e. The van der Waals surface area contributed by atoms with E-state index in [4.69, 9.17) is 0 Å². The van der Waals surface area contributed by atoms with Crippen LogP contribution in [-0.4, -0.2) is 16.2 Å². The Bertz CT molecular complexity index is 293. The first-order valence-electron chi connectivity index (χ1n) is 3.31. The van der Waals surface area contributed by atoms with E-state index in [1.165, 1.54) is 0 Å². The number of aryl methyl sites for hydroxylation is 1. The van der Waals surface area contributed by atoms with Crippen LogP contribution in [0.1, 0.15) is 5.69 Å². The fourth-order valence-electron chi connectivity index (χ4n) is 0.778. The van der Waals surface area contributed by atoms with Gasteiger partial charge in [-0.25, -0.2) is 9.37 Å². The molecular formula is C6H5BrF4N2. The number of alkyl halides is 4. The molecule has 0 saturated heterocycles. The van der Waals surface area contributed by atoms with Crippen molar-refractivity contribution in [1.82, 2.24) is 9.55 Å². The van der Waals surface area contributed by atoms with Crippen molar-refractivity contribution in [2.45, 2.75) is 12.7 Å². The summed E-state index contributed by atoms with van der Waals surface area (Å²) in [5.41, 5.74) is -1.02. The summed E-state index contributed by atoms with van der Waals surface area (Å²) in [5, 5.41) is 0. The average molecular weight is 261 g/mol. The Morgan fingerprint density at radius 1 is 1.46 bits per heavy atom. The minimum Gasteiger partial charge on any atom is -0.322 e. The van der Waals surface area contributed by atoms with Gasteiger partial charge in [0.15, 0.2) is 10.4 Å². The number of rotatable bonds is 2. The van der Waals surface area contributed by atoms with Crippen LogP contribution in [0.5, 0.6) is 0 Å². The lowest BCUT2D eigenvalue weighted by molar-refractivity contribution is -0.141. The Morgan fingerprint density at radius 3 is 2.46 bits per heavy atom. The molecule has 1 rings (SSSR count). The van der Waals surface area contributed by atoms with Crippen LogP contribution in [0.3, 0.4) is 0 Å². The zero-order chi connectivity index (χ0) is 10.1. The second-order valence-corrected chi connectivity index (χ2v) is 2.98. The molecule has 0 atom stereocenters. The third-order valence-electron chi connectivity index (χ3n) is 1.34. The normalized spacial score (nSPS) is 12.1. The van der Waals surface area contributed by atoms with Crippen LogP contribution in [0.2, 0.25) is 0 Å². The van der Waals surface area contributed by atoms with Gasteiger partial charge in [-0.05, 0) is 15.9 Å². The van der Waals surface area contributed by atoms with Crippen LogP contribution in [0.25, 0.3) is 0 Å². The lowest BCUT2D eigenvalue weighted by atomic mass is 10.5. The minimum atomic E-state index is -4.48. The summed E-state index contributed by atoms with van der Waals surface area (Å²) in [7, 11) is 0. The fourth-order valence-corrected chi connectivity index (χ4v) is 1.25. The van der Waals surface area contributed by atoms with Gasteiger partial charge in [-0.2, -0.15) is 13.2 Å². The van der Waals surface area contributed by atoms with Crippen molar-refractivity contribution in [3.8, 4) is 0 Å². The summed E-state index contributed by atoms with van der Waals surface area (Å²) < 4.78 is 48.9. The van der Waals surface area contributed by atoms with Crippen LogP contribution in [0.15, 0.2) is 10.9 Å². The second kappa shape index (κ2) is 3.65. The summed E-state index contributed by atoms with van der Waals surface area (Å²) in [5.74, 6) is 0. The highest BCUT2D eigenvalue weighted by molar-refractivity contribution is 9.10. The summed E-state index contributed by atoms with van der Waals surface area (Å²) >= 11 is 2.80. The van der Waals surface area contributed by atoms with Gasteiger partial charge in [-0.1, -0.05) is 0 Å². The monoisotopic (exact) mass is 260 g/mol. The SMILES string of the molecule is FCCn1cc(C(F)(F)F)nc1Br. The first-order chi connectivity index (χ1) is 5.95. The zero-order valence-electron chi connectivity index (χ0n) is 6.28. The van der Waals surface area contributed by atoms with Gasteiger partial charge in [0.25, 0.3) is 0 Å². The Labute approximate surface area is 79.7 Å². The smallest absolute Gasteiger partial charge is 0.322 e. The van der Waals surface area contributed by atoms with Gasteiger partial charge >= 0.3 is 6.18 Å². The van der Waals surface area contributed by atoms with Gasteiger partial charge in [0.05, 0.1) is 6.54 Å². The molecule has 1 heterocycles. The van der Waals surface area contributed by atoms with E-state index in [1.807, 2.05) is 0 Å². The summed E-state index contributed by atoms with van der Waals surface area (Å²) in [6.07, 6.45) is -3.71. The molecule has 0 radical (unpaired) electrons. The molecule has 74 valence electrons. The Hall–Kier alpha value is -0.590. The van der Waals surface area contributed by atoms with Crippen LogP contribution in [-0.2, 0) is 12.7 Å². The molecule has 2 nitrogen and oxygen atoms in total. The minimum absolute atomic E-state index is 0.0162. The largest absolute Gasteiger partial charge is 0.434 e. The average Bonchev–Trinajstić information content (AvgIpc) is 2.32. The van der Waals surface area contributed by atoms with Crippen molar-refractivity contribution in [3.05, 3.63) is 16.6 Å². The van der Waals surface area contributed by atoms with Gasteiger partial charge in [0, 0.05) is 6.20 Å². The third kappa shape index (κ3) is 2.43. The molecule has 7 heteroatoms. The van der Waals surface area contributed by atoms with E-state index in [0.717, 1.165) is 10.8 Å². The number of hydrogen-bond acceptors (Lipinski definition) is 1. The molecule has 0 saturated carbocycles. The Morgan fingerprint density at radius 2 is 2.08 bits per heavy atom. The summed E-state index contributed by atoms with van der Waals surface area (Å²) in [6, 6.07) is 0. The summed E-state index contributed by atoms with van der Waals surface area (Å²) in [6.45, 7) is -0.865. The maximum atomic E-state index is 12.0. The van der Waals surface area contributed by atoms with Crippen LogP contribution >= 0.6 is 15.9 Å². The third-order valence-corrected chi connectivity index (χ3v) is 1.98. The predicted octanol–water partition coefficient (Wildman–Crippen LogP) is 2.63. The van der Waals surface area contributed by atoms with E-state index in [9.17, 15) is 17.6 Å². The van der Waals surface area contributed by atoms with Crippen molar-refractivity contribution in [2.75, 3.05) is 6.67 Å². The van der Waals surface area contributed by atoms with Crippen molar-refractivity contribution < 1.29 is 17.6 Å². The van der Waals surface area contributed by atoms with Crippen LogP contribution in [0, 0.1) is 0 Å². The molecule has 0 aromatic carbocycles. The summed E-state index contributed by atoms with van der Waals surface area (Å²) in [4.78, 5) is 3.19.